The molecule has 0 unspecified atom stereocenters. The Morgan fingerprint density at radius 2 is 1.95 bits per heavy atom. The molecule has 0 bridgehead atoms. The van der Waals surface area contributed by atoms with Gasteiger partial charge in [0.25, 0.3) is 5.91 Å². The number of carbonyl (C=O) groups excluding carboxylic acids is 1. The summed E-state index contributed by atoms with van der Waals surface area (Å²) in [7, 11) is 0. The molecule has 1 amide bonds. The van der Waals surface area contributed by atoms with E-state index >= 15 is 0 Å². The Kier molecular flexibility index (Phi) is 4.45. The van der Waals surface area contributed by atoms with Crippen molar-refractivity contribution in [3.05, 3.63) is 41.6 Å². The lowest BCUT2D eigenvalue weighted by atomic mass is 10.1. The number of benzene rings is 1. The fourth-order valence-corrected chi connectivity index (χ4v) is 2.09. The van der Waals surface area contributed by atoms with Crippen LogP contribution in [0.25, 0.3) is 10.9 Å². The molecule has 0 aliphatic carbocycles. The molecule has 0 aliphatic rings. The van der Waals surface area contributed by atoms with Crippen LogP contribution in [0.1, 0.15) is 42.7 Å². The highest BCUT2D eigenvalue weighted by Crippen LogP contribution is 2.18. The highest BCUT2D eigenvalue weighted by atomic mass is 16.2. The molecule has 1 aromatic heterocycles. The van der Waals surface area contributed by atoms with Gasteiger partial charge in [0.1, 0.15) is 0 Å². The number of hydrazone groups is 1. The topological polar surface area (TPSA) is 54.4 Å². The normalized spacial score (nSPS) is 10.3. The number of hydrogen-bond acceptors (Lipinski definition) is 3. The van der Waals surface area contributed by atoms with E-state index < -0.39 is 0 Å². The summed E-state index contributed by atoms with van der Waals surface area (Å²) < 4.78 is 0. The van der Waals surface area contributed by atoms with Gasteiger partial charge in [0.05, 0.1) is 11.1 Å². The van der Waals surface area contributed by atoms with Crippen molar-refractivity contribution in [2.75, 3.05) is 0 Å². The maximum atomic E-state index is 12.3. The van der Waals surface area contributed by atoms with E-state index in [-0.39, 0.29) is 5.91 Å². The van der Waals surface area contributed by atoms with Gasteiger partial charge in [0, 0.05) is 16.8 Å². The smallest absolute Gasteiger partial charge is 0.267 e. The summed E-state index contributed by atoms with van der Waals surface area (Å²) in [6.45, 7) is 5.94. The fourth-order valence-electron chi connectivity index (χ4n) is 2.09. The standard InChI is InChI=1S/C16H19N3O/c1-4-12(5-2)18-19-16(20)14-10-11(3)17-15-9-7-6-8-13(14)15/h6-10H,4-5H2,1-3H3,(H,19,20). The second kappa shape index (κ2) is 6.28. The maximum Gasteiger partial charge on any atom is 0.272 e. The summed E-state index contributed by atoms with van der Waals surface area (Å²) in [4.78, 5) is 16.7. The van der Waals surface area contributed by atoms with Gasteiger partial charge in [-0.05, 0) is 31.9 Å². The predicted molar refractivity (Wildman–Crippen MR) is 82.0 cm³/mol. The van der Waals surface area contributed by atoms with Crippen molar-refractivity contribution >= 4 is 22.5 Å². The molecular formula is C16H19N3O. The first kappa shape index (κ1) is 14.2. The third-order valence-corrected chi connectivity index (χ3v) is 3.22. The Labute approximate surface area is 118 Å². The van der Waals surface area contributed by atoms with Crippen molar-refractivity contribution in [2.45, 2.75) is 33.6 Å². The van der Waals surface area contributed by atoms with Crippen molar-refractivity contribution in [1.29, 1.82) is 0 Å². The fraction of sp³-hybridized carbons (Fsp3) is 0.312. The molecule has 104 valence electrons. The molecule has 1 heterocycles. The van der Waals surface area contributed by atoms with E-state index in [2.05, 4.69) is 15.5 Å². The van der Waals surface area contributed by atoms with Crippen LogP contribution in [0, 0.1) is 6.92 Å². The molecular weight excluding hydrogens is 250 g/mol. The van der Waals surface area contributed by atoms with E-state index in [4.69, 9.17) is 0 Å². The van der Waals surface area contributed by atoms with Gasteiger partial charge in [0.15, 0.2) is 0 Å². The quantitative estimate of drug-likeness (QED) is 0.682. The van der Waals surface area contributed by atoms with Crippen LogP contribution in [-0.2, 0) is 0 Å². The molecule has 2 aromatic rings. The molecule has 0 fully saturated rings. The van der Waals surface area contributed by atoms with Crippen LogP contribution in [0.4, 0.5) is 0 Å². The third-order valence-electron chi connectivity index (χ3n) is 3.22. The molecule has 0 saturated heterocycles. The van der Waals surface area contributed by atoms with Gasteiger partial charge in [0.2, 0.25) is 0 Å². The van der Waals surface area contributed by atoms with Crippen LogP contribution in [0.5, 0.6) is 0 Å². The van der Waals surface area contributed by atoms with Crippen LogP contribution >= 0.6 is 0 Å². The number of hydrogen-bond donors (Lipinski definition) is 1. The minimum absolute atomic E-state index is 0.189. The molecule has 20 heavy (non-hydrogen) atoms. The number of aromatic nitrogens is 1. The van der Waals surface area contributed by atoms with Gasteiger partial charge in [-0.15, -0.1) is 0 Å². The number of carbonyl (C=O) groups is 1. The zero-order valence-electron chi connectivity index (χ0n) is 12.1. The van der Waals surface area contributed by atoms with E-state index in [1.165, 1.54) is 0 Å². The minimum atomic E-state index is -0.189. The van der Waals surface area contributed by atoms with Gasteiger partial charge >= 0.3 is 0 Å². The number of nitrogens with zero attached hydrogens (tertiary/aromatic N) is 2. The Morgan fingerprint density at radius 1 is 1.25 bits per heavy atom. The van der Waals surface area contributed by atoms with Crippen LogP contribution in [-0.4, -0.2) is 16.6 Å². The number of nitrogens with one attached hydrogen (secondary N) is 1. The van der Waals surface area contributed by atoms with E-state index in [1.54, 1.807) is 6.07 Å². The molecule has 0 atom stereocenters. The number of fused-ring (bicyclic) bond motifs is 1. The van der Waals surface area contributed by atoms with Crippen molar-refractivity contribution < 1.29 is 4.79 Å². The lowest BCUT2D eigenvalue weighted by Crippen LogP contribution is -2.20. The summed E-state index contributed by atoms with van der Waals surface area (Å²) in [5.74, 6) is -0.189. The molecule has 1 N–H and O–H groups in total. The van der Waals surface area contributed by atoms with Crippen LogP contribution < -0.4 is 5.43 Å². The van der Waals surface area contributed by atoms with Crippen molar-refractivity contribution in [3.63, 3.8) is 0 Å². The molecule has 1 aromatic carbocycles. The molecule has 0 radical (unpaired) electrons. The lowest BCUT2D eigenvalue weighted by Gasteiger charge is -2.07. The highest BCUT2D eigenvalue weighted by molar-refractivity contribution is 6.06. The number of para-hydroxylation sites is 1. The Balaban J connectivity index is 2.37. The summed E-state index contributed by atoms with van der Waals surface area (Å²) in [6.07, 6.45) is 1.68. The Morgan fingerprint density at radius 3 is 2.65 bits per heavy atom. The van der Waals surface area contributed by atoms with Gasteiger partial charge in [-0.3, -0.25) is 9.78 Å². The Bertz CT molecular complexity index is 656. The van der Waals surface area contributed by atoms with Gasteiger partial charge < -0.3 is 0 Å². The van der Waals surface area contributed by atoms with Crippen molar-refractivity contribution in [1.82, 2.24) is 10.4 Å². The second-order valence-electron chi connectivity index (χ2n) is 4.65. The minimum Gasteiger partial charge on any atom is -0.267 e. The maximum absolute atomic E-state index is 12.3. The van der Waals surface area contributed by atoms with E-state index in [1.807, 2.05) is 45.0 Å². The molecule has 0 spiro atoms. The largest absolute Gasteiger partial charge is 0.272 e. The summed E-state index contributed by atoms with van der Waals surface area (Å²) in [5.41, 5.74) is 5.89. The zero-order valence-corrected chi connectivity index (χ0v) is 12.1. The van der Waals surface area contributed by atoms with E-state index in [9.17, 15) is 4.79 Å². The first-order chi connectivity index (χ1) is 9.65. The van der Waals surface area contributed by atoms with Gasteiger partial charge in [-0.1, -0.05) is 32.0 Å². The van der Waals surface area contributed by atoms with E-state index in [0.29, 0.717) is 5.56 Å². The number of amides is 1. The molecule has 0 saturated carbocycles. The first-order valence-corrected chi connectivity index (χ1v) is 6.87. The van der Waals surface area contributed by atoms with Crippen LogP contribution in [0.15, 0.2) is 35.4 Å². The summed E-state index contributed by atoms with van der Waals surface area (Å²) >= 11 is 0. The van der Waals surface area contributed by atoms with Crippen LogP contribution in [0.2, 0.25) is 0 Å². The van der Waals surface area contributed by atoms with Crippen molar-refractivity contribution in [2.24, 2.45) is 5.10 Å². The predicted octanol–water partition coefficient (Wildman–Crippen LogP) is 3.45. The number of pyridine rings is 1. The monoisotopic (exact) mass is 269 g/mol. The molecule has 2 rings (SSSR count). The van der Waals surface area contributed by atoms with Gasteiger partial charge in [-0.2, -0.15) is 5.10 Å². The van der Waals surface area contributed by atoms with Crippen molar-refractivity contribution in [3.8, 4) is 0 Å². The number of rotatable bonds is 4. The van der Waals surface area contributed by atoms with Crippen LogP contribution in [0.3, 0.4) is 0 Å². The average Bonchev–Trinajstić information content (AvgIpc) is 2.47. The van der Waals surface area contributed by atoms with Gasteiger partial charge in [-0.25, -0.2) is 5.43 Å². The molecule has 0 aliphatic heterocycles. The lowest BCUT2D eigenvalue weighted by molar-refractivity contribution is 0.0956. The molecule has 4 nitrogen and oxygen atoms in total. The highest BCUT2D eigenvalue weighted by Gasteiger charge is 2.11. The average molecular weight is 269 g/mol. The summed E-state index contributed by atoms with van der Waals surface area (Å²) in [6, 6.07) is 9.43. The third kappa shape index (κ3) is 3.02. The number of aryl methyl sites for hydroxylation is 1. The SMILES string of the molecule is CCC(CC)=NNC(=O)c1cc(C)nc2ccccc12. The Hall–Kier alpha value is -2.23. The van der Waals surface area contributed by atoms with E-state index in [0.717, 1.165) is 35.2 Å². The first-order valence-electron chi connectivity index (χ1n) is 6.87. The molecule has 4 heteroatoms. The summed E-state index contributed by atoms with van der Waals surface area (Å²) in [5, 5.41) is 5.02. The zero-order chi connectivity index (χ0) is 14.5. The second-order valence-corrected chi connectivity index (χ2v) is 4.65.